The number of primary amides is 1. The predicted octanol–water partition coefficient (Wildman–Crippen LogP) is 2.62. The Morgan fingerprint density at radius 3 is 2.39 bits per heavy atom. The third-order valence-corrected chi connectivity index (χ3v) is 3.07. The minimum Gasteiger partial charge on any atom is -0.395 e. The number of amides is 1. The van der Waals surface area contributed by atoms with Gasteiger partial charge in [0.1, 0.15) is 17.2 Å². The lowest BCUT2D eigenvalue weighted by molar-refractivity contribution is 0.0978. The highest BCUT2D eigenvalue weighted by molar-refractivity contribution is 6.06. The molecule has 1 aromatic heterocycles. The second kappa shape index (κ2) is 7.53. The predicted molar refractivity (Wildman–Crippen MR) is 87.2 cm³/mol. The molecular weight excluding hydrogens is 299 g/mol. The highest BCUT2D eigenvalue weighted by Gasteiger charge is 2.25. The lowest BCUT2D eigenvalue weighted by Crippen LogP contribution is -2.14. The molecule has 1 amide bonds. The summed E-state index contributed by atoms with van der Waals surface area (Å²) in [5, 5.41) is 3.90. The number of carbonyl (C=O) groups is 2. The van der Waals surface area contributed by atoms with Crippen molar-refractivity contribution in [3.05, 3.63) is 41.0 Å². The van der Waals surface area contributed by atoms with Gasteiger partial charge in [0.2, 0.25) is 0 Å². The zero-order valence-corrected chi connectivity index (χ0v) is 13.7. The van der Waals surface area contributed by atoms with E-state index in [1.165, 1.54) is 12.1 Å². The summed E-state index contributed by atoms with van der Waals surface area (Å²) in [6.45, 7) is 7.37. The first-order chi connectivity index (χ1) is 10.9. The van der Waals surface area contributed by atoms with Crippen LogP contribution in [0, 0.1) is 12.7 Å². The number of hydrogen-bond acceptors (Lipinski definition) is 4. The van der Waals surface area contributed by atoms with Gasteiger partial charge < -0.3 is 11.5 Å². The lowest BCUT2D eigenvalue weighted by Gasteiger charge is -2.08. The van der Waals surface area contributed by atoms with Crippen LogP contribution in [0.25, 0.3) is 5.69 Å². The molecule has 0 bridgehead atoms. The van der Waals surface area contributed by atoms with E-state index in [2.05, 4.69) is 5.10 Å². The van der Waals surface area contributed by atoms with Crippen molar-refractivity contribution in [1.29, 1.82) is 0 Å². The van der Waals surface area contributed by atoms with E-state index >= 15 is 0 Å². The Labute approximate surface area is 134 Å². The van der Waals surface area contributed by atoms with Gasteiger partial charge >= 0.3 is 0 Å². The smallest absolute Gasteiger partial charge is 0.271 e. The topological polar surface area (TPSA) is 104 Å². The Hall–Kier alpha value is -2.70. The van der Waals surface area contributed by atoms with Gasteiger partial charge in [-0.1, -0.05) is 26.8 Å². The van der Waals surface area contributed by atoms with E-state index in [-0.39, 0.29) is 35.0 Å². The summed E-state index contributed by atoms with van der Waals surface area (Å²) >= 11 is 0. The van der Waals surface area contributed by atoms with Gasteiger partial charge in [0.15, 0.2) is 11.5 Å². The SMILES string of the molecule is CC.CCC(=O)c1c(N)c(C(N)=O)nn1-c1ccc(C)cc1F. The first-order valence-electron chi connectivity index (χ1n) is 7.34. The van der Waals surface area contributed by atoms with E-state index in [1.54, 1.807) is 19.9 Å². The van der Waals surface area contributed by atoms with E-state index in [0.29, 0.717) is 0 Å². The molecule has 1 heterocycles. The molecular formula is C16H21FN4O2. The summed E-state index contributed by atoms with van der Waals surface area (Å²) in [5.41, 5.74) is 11.3. The summed E-state index contributed by atoms with van der Waals surface area (Å²) in [6, 6.07) is 4.44. The van der Waals surface area contributed by atoms with Crippen molar-refractivity contribution >= 4 is 17.4 Å². The van der Waals surface area contributed by atoms with Crippen molar-refractivity contribution in [2.24, 2.45) is 5.73 Å². The molecule has 0 atom stereocenters. The maximum atomic E-state index is 14.1. The van der Waals surface area contributed by atoms with Gasteiger partial charge in [0.25, 0.3) is 5.91 Å². The molecule has 0 radical (unpaired) electrons. The molecule has 4 N–H and O–H groups in total. The molecule has 7 heteroatoms. The average Bonchev–Trinajstić information content (AvgIpc) is 2.86. The number of nitrogen functional groups attached to an aromatic ring is 1. The van der Waals surface area contributed by atoms with Crippen LogP contribution in [0.4, 0.5) is 10.1 Å². The zero-order chi connectivity index (χ0) is 17.7. The van der Waals surface area contributed by atoms with Crippen LogP contribution in [0.5, 0.6) is 0 Å². The molecule has 0 aliphatic rings. The highest BCUT2D eigenvalue weighted by Crippen LogP contribution is 2.24. The summed E-state index contributed by atoms with van der Waals surface area (Å²) in [7, 11) is 0. The molecule has 1 aromatic carbocycles. The van der Waals surface area contributed by atoms with E-state index in [4.69, 9.17) is 11.5 Å². The Kier molecular flexibility index (Phi) is 6.01. The number of hydrogen-bond donors (Lipinski definition) is 2. The van der Waals surface area contributed by atoms with Gasteiger partial charge in [-0.05, 0) is 24.6 Å². The number of carbonyl (C=O) groups excluding carboxylic acids is 2. The van der Waals surface area contributed by atoms with Crippen molar-refractivity contribution in [3.8, 4) is 5.69 Å². The number of ketones is 1. The molecule has 0 unspecified atom stereocenters. The summed E-state index contributed by atoms with van der Waals surface area (Å²) in [5.74, 6) is -1.80. The van der Waals surface area contributed by atoms with Gasteiger partial charge in [-0.3, -0.25) is 9.59 Å². The summed E-state index contributed by atoms with van der Waals surface area (Å²) in [6.07, 6.45) is 0.140. The number of anilines is 1. The van der Waals surface area contributed by atoms with Crippen molar-refractivity contribution in [2.75, 3.05) is 5.73 Å². The maximum absolute atomic E-state index is 14.1. The fourth-order valence-corrected chi connectivity index (χ4v) is 2.01. The molecule has 0 saturated carbocycles. The maximum Gasteiger partial charge on any atom is 0.271 e. The van der Waals surface area contributed by atoms with Crippen molar-refractivity contribution < 1.29 is 14.0 Å². The second-order valence-electron chi connectivity index (χ2n) is 4.62. The molecule has 0 fully saturated rings. The number of halogens is 1. The number of nitrogens with two attached hydrogens (primary N) is 2. The van der Waals surface area contributed by atoms with Gasteiger partial charge in [-0.25, -0.2) is 9.07 Å². The molecule has 0 aliphatic heterocycles. The highest BCUT2D eigenvalue weighted by atomic mass is 19.1. The Bertz CT molecular complexity index is 738. The molecule has 0 spiro atoms. The minimum atomic E-state index is -0.871. The first kappa shape index (κ1) is 18.3. The number of aromatic nitrogens is 2. The molecule has 0 saturated heterocycles. The van der Waals surface area contributed by atoms with Gasteiger partial charge in [0.05, 0.1) is 5.69 Å². The third-order valence-electron chi connectivity index (χ3n) is 3.07. The van der Waals surface area contributed by atoms with Crippen molar-refractivity contribution in [3.63, 3.8) is 0 Å². The molecule has 2 rings (SSSR count). The molecule has 23 heavy (non-hydrogen) atoms. The van der Waals surface area contributed by atoms with Crippen LogP contribution < -0.4 is 11.5 Å². The van der Waals surface area contributed by atoms with Crippen molar-refractivity contribution in [2.45, 2.75) is 34.1 Å². The van der Waals surface area contributed by atoms with Crippen LogP contribution in [0.2, 0.25) is 0 Å². The number of Topliss-reactive ketones (excluding diaryl/α,β-unsaturated/α-hetero) is 1. The van der Waals surface area contributed by atoms with E-state index in [0.717, 1.165) is 10.2 Å². The average molecular weight is 320 g/mol. The Morgan fingerprint density at radius 2 is 1.91 bits per heavy atom. The van der Waals surface area contributed by atoms with Gasteiger partial charge in [0, 0.05) is 6.42 Å². The van der Waals surface area contributed by atoms with E-state index in [1.807, 2.05) is 13.8 Å². The largest absolute Gasteiger partial charge is 0.395 e. The van der Waals surface area contributed by atoms with Gasteiger partial charge in [-0.15, -0.1) is 0 Å². The van der Waals surface area contributed by atoms with Crippen LogP contribution in [0.1, 0.15) is 53.7 Å². The third kappa shape index (κ3) is 3.56. The molecule has 6 nitrogen and oxygen atoms in total. The van der Waals surface area contributed by atoms with Crippen LogP contribution in [-0.2, 0) is 0 Å². The molecule has 124 valence electrons. The normalized spacial score (nSPS) is 9.96. The van der Waals surface area contributed by atoms with E-state index in [9.17, 15) is 14.0 Å². The Balaban J connectivity index is 0.00000127. The molecule has 2 aromatic rings. The number of aryl methyl sites for hydroxylation is 1. The number of rotatable bonds is 4. The Morgan fingerprint density at radius 1 is 1.30 bits per heavy atom. The van der Waals surface area contributed by atoms with Crippen LogP contribution in [-0.4, -0.2) is 21.5 Å². The quantitative estimate of drug-likeness (QED) is 0.845. The van der Waals surface area contributed by atoms with Crippen molar-refractivity contribution in [1.82, 2.24) is 9.78 Å². The van der Waals surface area contributed by atoms with Crippen LogP contribution >= 0.6 is 0 Å². The van der Waals surface area contributed by atoms with Crippen LogP contribution in [0.15, 0.2) is 18.2 Å². The standard InChI is InChI=1S/C14H15FN4O2.C2H6/c1-3-10(20)13-11(16)12(14(17)21)18-19(13)9-5-4-7(2)6-8(9)15;1-2/h4-6H,3,16H2,1-2H3,(H2,17,21);1-2H3. The number of nitrogens with zero attached hydrogens (tertiary/aromatic N) is 2. The van der Waals surface area contributed by atoms with E-state index < -0.39 is 11.7 Å². The summed E-state index contributed by atoms with van der Waals surface area (Å²) in [4.78, 5) is 23.4. The fourth-order valence-electron chi connectivity index (χ4n) is 2.01. The lowest BCUT2D eigenvalue weighted by atomic mass is 10.1. The fraction of sp³-hybridized carbons (Fsp3) is 0.312. The van der Waals surface area contributed by atoms with Crippen LogP contribution in [0.3, 0.4) is 0 Å². The monoisotopic (exact) mass is 320 g/mol. The first-order valence-corrected chi connectivity index (χ1v) is 7.34. The zero-order valence-electron chi connectivity index (χ0n) is 13.7. The second-order valence-corrected chi connectivity index (χ2v) is 4.62. The van der Waals surface area contributed by atoms with Gasteiger partial charge in [-0.2, -0.15) is 5.10 Å². The number of benzene rings is 1. The summed E-state index contributed by atoms with van der Waals surface area (Å²) < 4.78 is 15.1. The molecule has 0 aliphatic carbocycles. The minimum absolute atomic E-state index is 0.0333.